The fourth-order valence-corrected chi connectivity index (χ4v) is 3.92. The van der Waals surface area contributed by atoms with Crippen LogP contribution in [0.25, 0.3) is 0 Å². The molecule has 37 heavy (non-hydrogen) atoms. The third-order valence-electron chi connectivity index (χ3n) is 5.86. The molecule has 1 aromatic heterocycles. The van der Waals surface area contributed by atoms with Gasteiger partial charge in [-0.1, -0.05) is 51.3 Å². The predicted octanol–water partition coefficient (Wildman–Crippen LogP) is 5.88. The number of hydrogen-bond acceptors (Lipinski definition) is 6. The van der Waals surface area contributed by atoms with Crippen LogP contribution in [-0.2, 0) is 9.59 Å². The quantitative estimate of drug-likeness (QED) is 0.325. The van der Waals surface area contributed by atoms with Crippen molar-refractivity contribution in [3.8, 4) is 0 Å². The van der Waals surface area contributed by atoms with Gasteiger partial charge in [0.25, 0.3) is 0 Å². The topological polar surface area (TPSA) is 116 Å². The number of nitrogens with one attached hydrogen (secondary N) is 3. The molecule has 0 saturated heterocycles. The predicted molar refractivity (Wildman–Crippen MR) is 137 cm³/mol. The lowest BCUT2D eigenvalue weighted by atomic mass is 9.89. The fraction of sp³-hybridized carbons (Fsp3) is 0.538. The Kier molecular flexibility index (Phi) is 11.6. The van der Waals surface area contributed by atoms with Gasteiger partial charge in [-0.05, 0) is 50.2 Å². The molecule has 0 bridgehead atoms. The van der Waals surface area contributed by atoms with Crippen molar-refractivity contribution in [1.29, 1.82) is 0 Å². The highest BCUT2D eigenvalue weighted by molar-refractivity contribution is 5.96. The van der Waals surface area contributed by atoms with E-state index in [1.165, 1.54) is 32.1 Å². The number of para-hydroxylation sites is 1. The molecule has 1 aliphatic carbocycles. The number of amides is 1. The first-order valence-electron chi connectivity index (χ1n) is 12.5. The van der Waals surface area contributed by atoms with Crippen LogP contribution in [0, 0.1) is 18.8 Å². The molecule has 0 unspecified atom stereocenters. The summed E-state index contributed by atoms with van der Waals surface area (Å²) in [5.41, 5.74) is 1.73. The van der Waals surface area contributed by atoms with E-state index < -0.39 is 12.1 Å². The van der Waals surface area contributed by atoms with Gasteiger partial charge in [-0.15, -0.1) is 0 Å². The van der Waals surface area contributed by atoms with Crippen molar-refractivity contribution >= 4 is 29.3 Å². The molecule has 1 amide bonds. The number of nitrogens with zero attached hydrogens (tertiary/aromatic N) is 2. The summed E-state index contributed by atoms with van der Waals surface area (Å²) < 4.78 is 31.7. The van der Waals surface area contributed by atoms with E-state index >= 15 is 0 Å². The van der Waals surface area contributed by atoms with E-state index in [9.17, 15) is 18.0 Å². The van der Waals surface area contributed by atoms with Crippen molar-refractivity contribution in [2.24, 2.45) is 11.8 Å². The number of carboxylic acid groups (broad SMARTS) is 1. The molecule has 1 heterocycles. The maximum absolute atomic E-state index is 12.9. The molecule has 1 fully saturated rings. The standard InChI is InChI=1S/C24H35N5O.C2HF3O2/c1-17(2)14-21(23(30)27-20-12-8-5-9-13-20)28-22-18(3)15-25-24(29-22)26-16-19-10-6-4-7-11-19;3-2(4,5)1(6)7/h5,8-9,12-13,15,17,19,21H,4,6-7,10-11,14,16H2,1-3H3,(H,27,30)(H2,25,26,28,29);(H,6,7)/t21-;/m0./s1. The van der Waals surface area contributed by atoms with Crippen molar-refractivity contribution in [2.75, 3.05) is 22.5 Å². The van der Waals surface area contributed by atoms with Crippen molar-refractivity contribution in [1.82, 2.24) is 9.97 Å². The number of carboxylic acids is 1. The number of halogens is 3. The highest BCUT2D eigenvalue weighted by atomic mass is 19.4. The van der Waals surface area contributed by atoms with Crippen LogP contribution in [0.2, 0.25) is 0 Å². The van der Waals surface area contributed by atoms with Gasteiger partial charge in [-0.25, -0.2) is 9.78 Å². The summed E-state index contributed by atoms with van der Waals surface area (Å²) in [5.74, 6) is -0.400. The minimum Gasteiger partial charge on any atom is -0.475 e. The molecule has 204 valence electrons. The molecule has 1 saturated carbocycles. The Morgan fingerprint density at radius 1 is 1.11 bits per heavy atom. The zero-order chi connectivity index (χ0) is 27.4. The summed E-state index contributed by atoms with van der Waals surface area (Å²) in [7, 11) is 0. The van der Waals surface area contributed by atoms with Gasteiger partial charge < -0.3 is 21.1 Å². The zero-order valence-electron chi connectivity index (χ0n) is 21.4. The number of hydrogen-bond donors (Lipinski definition) is 4. The highest BCUT2D eigenvalue weighted by Crippen LogP contribution is 2.24. The number of aryl methyl sites for hydroxylation is 1. The van der Waals surface area contributed by atoms with Gasteiger partial charge in [-0.2, -0.15) is 18.2 Å². The summed E-state index contributed by atoms with van der Waals surface area (Å²) in [6.07, 6.45) is 4.00. The monoisotopic (exact) mass is 523 g/mol. The average molecular weight is 524 g/mol. The number of carbonyl (C=O) groups excluding carboxylic acids is 1. The van der Waals surface area contributed by atoms with Gasteiger partial charge in [0.2, 0.25) is 11.9 Å². The van der Waals surface area contributed by atoms with Crippen LogP contribution < -0.4 is 16.0 Å². The van der Waals surface area contributed by atoms with Gasteiger partial charge in [0.05, 0.1) is 0 Å². The van der Waals surface area contributed by atoms with Gasteiger partial charge in [0.1, 0.15) is 11.9 Å². The van der Waals surface area contributed by atoms with Gasteiger partial charge in [-0.3, -0.25) is 4.79 Å². The van der Waals surface area contributed by atoms with Crippen molar-refractivity contribution in [3.05, 3.63) is 42.1 Å². The van der Waals surface area contributed by atoms with E-state index in [0.717, 1.165) is 17.8 Å². The number of alkyl halides is 3. The van der Waals surface area contributed by atoms with Crippen molar-refractivity contribution in [3.63, 3.8) is 0 Å². The smallest absolute Gasteiger partial charge is 0.475 e. The maximum Gasteiger partial charge on any atom is 0.490 e. The fourth-order valence-electron chi connectivity index (χ4n) is 3.92. The third-order valence-corrected chi connectivity index (χ3v) is 5.86. The molecule has 4 N–H and O–H groups in total. The van der Waals surface area contributed by atoms with Crippen molar-refractivity contribution < 1.29 is 27.9 Å². The maximum atomic E-state index is 12.9. The lowest BCUT2D eigenvalue weighted by Gasteiger charge is -2.23. The second kappa shape index (κ2) is 14.4. The molecule has 2 aromatic rings. The molecular formula is C26H36F3N5O3. The molecule has 0 radical (unpaired) electrons. The second-order valence-corrected chi connectivity index (χ2v) is 9.59. The third kappa shape index (κ3) is 11.1. The first-order valence-corrected chi connectivity index (χ1v) is 12.5. The number of rotatable bonds is 9. The number of aliphatic carboxylic acids is 1. The summed E-state index contributed by atoms with van der Waals surface area (Å²) in [6.45, 7) is 7.12. The van der Waals surface area contributed by atoms with Crippen LogP contribution in [0.5, 0.6) is 0 Å². The van der Waals surface area contributed by atoms with Gasteiger partial charge >= 0.3 is 12.1 Å². The number of anilines is 3. The zero-order valence-corrected chi connectivity index (χ0v) is 21.4. The molecule has 8 nitrogen and oxygen atoms in total. The van der Waals surface area contributed by atoms with Crippen LogP contribution in [0.3, 0.4) is 0 Å². The first kappa shape index (κ1) is 29.9. The summed E-state index contributed by atoms with van der Waals surface area (Å²) >= 11 is 0. The van der Waals surface area contributed by atoms with Crippen LogP contribution in [0.4, 0.5) is 30.6 Å². The SMILES string of the molecule is Cc1cnc(NCC2CCCCC2)nc1N[C@@H](CC(C)C)C(=O)Nc1ccccc1.O=C(O)C(F)(F)F. The number of aromatic nitrogens is 2. The van der Waals surface area contributed by atoms with E-state index in [1.54, 1.807) is 0 Å². The molecule has 3 rings (SSSR count). The lowest BCUT2D eigenvalue weighted by molar-refractivity contribution is -0.192. The highest BCUT2D eigenvalue weighted by Gasteiger charge is 2.38. The summed E-state index contributed by atoms with van der Waals surface area (Å²) in [4.78, 5) is 31.0. The van der Waals surface area contributed by atoms with Crippen LogP contribution in [-0.4, -0.2) is 45.7 Å². The Bertz CT molecular complexity index is 997. The van der Waals surface area contributed by atoms with Gasteiger partial charge in [0.15, 0.2) is 0 Å². The Morgan fingerprint density at radius 2 is 1.73 bits per heavy atom. The minimum absolute atomic E-state index is 0.0513. The summed E-state index contributed by atoms with van der Waals surface area (Å²) in [5, 5.41) is 16.9. The van der Waals surface area contributed by atoms with E-state index in [2.05, 4.69) is 39.8 Å². The Labute approximate surface area is 215 Å². The average Bonchev–Trinajstić information content (AvgIpc) is 2.85. The van der Waals surface area contributed by atoms with Crippen LogP contribution >= 0.6 is 0 Å². The summed E-state index contributed by atoms with van der Waals surface area (Å²) in [6, 6.07) is 9.19. The van der Waals surface area contributed by atoms with Crippen molar-refractivity contribution in [2.45, 2.75) is 71.5 Å². The van der Waals surface area contributed by atoms with Crippen LogP contribution in [0.15, 0.2) is 36.5 Å². The molecule has 0 spiro atoms. The molecule has 1 atom stereocenters. The van der Waals surface area contributed by atoms with E-state index in [1.807, 2.05) is 43.5 Å². The lowest BCUT2D eigenvalue weighted by Crippen LogP contribution is -2.36. The Morgan fingerprint density at radius 3 is 2.30 bits per heavy atom. The number of benzene rings is 1. The number of carbonyl (C=O) groups is 2. The molecular weight excluding hydrogens is 487 g/mol. The molecule has 11 heteroatoms. The van der Waals surface area contributed by atoms with Crippen LogP contribution in [0.1, 0.15) is 57.9 Å². The Balaban J connectivity index is 0.000000604. The van der Waals surface area contributed by atoms with E-state index in [-0.39, 0.29) is 11.9 Å². The van der Waals surface area contributed by atoms with E-state index in [4.69, 9.17) is 9.90 Å². The molecule has 1 aliphatic rings. The van der Waals surface area contributed by atoms with E-state index in [0.29, 0.717) is 30.0 Å². The normalized spacial score (nSPS) is 14.8. The second-order valence-electron chi connectivity index (χ2n) is 9.59. The largest absolute Gasteiger partial charge is 0.490 e. The molecule has 1 aromatic carbocycles. The Hall–Kier alpha value is -3.37. The molecule has 0 aliphatic heterocycles. The first-order chi connectivity index (χ1) is 17.5. The minimum atomic E-state index is -5.08. The van der Waals surface area contributed by atoms with Gasteiger partial charge in [0, 0.05) is 24.0 Å².